The molecule has 0 amide bonds. The maximum atomic E-state index is 13.8. The van der Waals surface area contributed by atoms with E-state index in [0.717, 1.165) is 32.3 Å². The molecule has 1 aliphatic rings. The van der Waals surface area contributed by atoms with Gasteiger partial charge in [0.25, 0.3) is 0 Å². The Morgan fingerprint density at radius 3 is 2.79 bits per heavy atom. The summed E-state index contributed by atoms with van der Waals surface area (Å²) in [5.74, 6) is 0.467. The van der Waals surface area contributed by atoms with Crippen LogP contribution in [0.15, 0.2) is 94.6 Å². The fraction of sp³-hybridized carbons (Fsp3) is 0.103. The normalized spacial score (nSPS) is 14.1. The van der Waals surface area contributed by atoms with Gasteiger partial charge in [0.05, 0.1) is 22.1 Å². The first-order chi connectivity index (χ1) is 18.6. The van der Waals surface area contributed by atoms with E-state index < -0.39 is 6.10 Å². The number of aromatic nitrogens is 5. The zero-order chi connectivity index (χ0) is 25.8. The number of aliphatic hydroxyl groups excluding tert-OH is 1. The quantitative estimate of drug-likeness (QED) is 0.319. The minimum Gasteiger partial charge on any atom is -0.471 e. The van der Waals surface area contributed by atoms with Gasteiger partial charge in [0.15, 0.2) is 12.2 Å². The van der Waals surface area contributed by atoms with Crippen molar-refractivity contribution in [3.8, 4) is 11.4 Å². The number of benzene rings is 3. The van der Waals surface area contributed by atoms with Crippen molar-refractivity contribution >= 4 is 37.9 Å². The Balaban J connectivity index is 1.40. The first-order valence-electron chi connectivity index (χ1n) is 12.1. The van der Waals surface area contributed by atoms with E-state index in [1.165, 1.54) is 0 Å². The lowest BCUT2D eigenvalue weighted by Gasteiger charge is -2.28. The molecule has 0 bridgehead atoms. The largest absolute Gasteiger partial charge is 0.471 e. The molecule has 1 N–H and O–H groups in total. The summed E-state index contributed by atoms with van der Waals surface area (Å²) in [6.07, 6.45) is 4.87. The van der Waals surface area contributed by atoms with Crippen molar-refractivity contribution in [1.29, 1.82) is 0 Å². The Morgan fingerprint density at radius 1 is 1.03 bits per heavy atom. The molecule has 1 aliphatic heterocycles. The third-order valence-corrected chi connectivity index (χ3v) is 7.40. The van der Waals surface area contributed by atoms with E-state index in [9.17, 15) is 9.90 Å². The molecule has 6 aromatic rings. The van der Waals surface area contributed by atoms with Crippen molar-refractivity contribution in [2.24, 2.45) is 0 Å². The zero-order valence-corrected chi connectivity index (χ0v) is 21.5. The van der Waals surface area contributed by atoms with E-state index in [-0.39, 0.29) is 12.2 Å². The highest BCUT2D eigenvalue weighted by Gasteiger charge is 2.28. The van der Waals surface area contributed by atoms with Crippen LogP contribution >= 0.6 is 15.9 Å². The van der Waals surface area contributed by atoms with Crippen LogP contribution in [0.1, 0.15) is 28.4 Å². The average molecular weight is 566 g/mol. The predicted molar refractivity (Wildman–Crippen MR) is 147 cm³/mol. The standard InChI is InChI=1S/C29H20BrN5O3/c30-19-7-8-21-26(11-19)34-15-18(10-17-4-3-9-31-14-17)28(36)22-12-20(13-23(27(22)34)29(21)37)38-16-35-25-6-2-1-5-24(25)32-33-35/h1-9,11-15,29,37H,10,16H2. The molecule has 7 rings (SSSR count). The highest BCUT2D eigenvalue weighted by molar-refractivity contribution is 9.10. The first kappa shape index (κ1) is 22.8. The van der Waals surface area contributed by atoms with E-state index in [1.807, 2.05) is 65.4 Å². The molecule has 3 aromatic heterocycles. The third kappa shape index (κ3) is 3.70. The summed E-state index contributed by atoms with van der Waals surface area (Å²) in [4.78, 5) is 18.0. The molecule has 38 heavy (non-hydrogen) atoms. The summed E-state index contributed by atoms with van der Waals surface area (Å²) in [6, 6.07) is 20.7. The van der Waals surface area contributed by atoms with Gasteiger partial charge in [-0.25, -0.2) is 4.68 Å². The molecule has 0 saturated carbocycles. The fourth-order valence-electron chi connectivity index (χ4n) is 5.13. The van der Waals surface area contributed by atoms with Crippen LogP contribution in [-0.2, 0) is 13.2 Å². The number of hydrogen-bond donors (Lipinski definition) is 1. The minimum atomic E-state index is -0.917. The van der Waals surface area contributed by atoms with Gasteiger partial charge in [-0.1, -0.05) is 45.4 Å². The van der Waals surface area contributed by atoms with Crippen molar-refractivity contribution in [2.75, 3.05) is 0 Å². The Bertz CT molecular complexity index is 1920. The van der Waals surface area contributed by atoms with Gasteiger partial charge in [-0.15, -0.1) is 5.10 Å². The average Bonchev–Trinajstić information content (AvgIpc) is 3.36. The molecular weight excluding hydrogens is 546 g/mol. The van der Waals surface area contributed by atoms with E-state index in [0.29, 0.717) is 34.2 Å². The third-order valence-electron chi connectivity index (χ3n) is 6.91. The summed E-state index contributed by atoms with van der Waals surface area (Å²) >= 11 is 3.55. The van der Waals surface area contributed by atoms with Gasteiger partial charge in [0.2, 0.25) is 0 Å². The molecule has 0 fully saturated rings. The highest BCUT2D eigenvalue weighted by atomic mass is 79.9. The van der Waals surface area contributed by atoms with E-state index in [2.05, 4.69) is 31.2 Å². The number of pyridine rings is 2. The van der Waals surface area contributed by atoms with Gasteiger partial charge in [0.1, 0.15) is 17.4 Å². The molecule has 3 aromatic carbocycles. The van der Waals surface area contributed by atoms with Crippen LogP contribution in [-0.4, -0.2) is 29.7 Å². The van der Waals surface area contributed by atoms with Crippen molar-refractivity contribution in [3.05, 3.63) is 122 Å². The zero-order valence-electron chi connectivity index (χ0n) is 20.0. The van der Waals surface area contributed by atoms with Crippen LogP contribution < -0.4 is 10.2 Å². The van der Waals surface area contributed by atoms with Crippen molar-refractivity contribution in [2.45, 2.75) is 19.3 Å². The van der Waals surface area contributed by atoms with Gasteiger partial charge in [-0.2, -0.15) is 0 Å². The second-order valence-corrected chi connectivity index (χ2v) is 10.2. The van der Waals surface area contributed by atoms with Crippen LogP contribution in [0.3, 0.4) is 0 Å². The summed E-state index contributed by atoms with van der Waals surface area (Å²) in [6.45, 7) is 0.106. The van der Waals surface area contributed by atoms with Crippen LogP contribution in [0.5, 0.6) is 5.75 Å². The number of ether oxygens (including phenoxy) is 1. The Labute approximate surface area is 224 Å². The molecule has 0 saturated heterocycles. The lowest BCUT2D eigenvalue weighted by Crippen LogP contribution is -2.21. The minimum absolute atomic E-state index is 0.106. The monoisotopic (exact) mass is 565 g/mol. The molecule has 8 nitrogen and oxygen atoms in total. The van der Waals surface area contributed by atoms with Crippen molar-refractivity contribution in [1.82, 2.24) is 24.5 Å². The van der Waals surface area contributed by atoms with E-state index >= 15 is 0 Å². The Kier molecular flexibility index (Phi) is 5.34. The molecule has 1 unspecified atom stereocenters. The van der Waals surface area contributed by atoms with Crippen LogP contribution in [0.2, 0.25) is 0 Å². The van der Waals surface area contributed by atoms with Crippen LogP contribution in [0.4, 0.5) is 0 Å². The lowest BCUT2D eigenvalue weighted by molar-refractivity contribution is 0.212. The lowest BCUT2D eigenvalue weighted by atomic mass is 9.92. The van der Waals surface area contributed by atoms with Gasteiger partial charge in [-0.3, -0.25) is 9.78 Å². The molecule has 4 heterocycles. The van der Waals surface area contributed by atoms with Gasteiger partial charge < -0.3 is 14.4 Å². The molecule has 0 radical (unpaired) electrons. The number of aliphatic hydroxyl groups is 1. The predicted octanol–water partition coefficient (Wildman–Crippen LogP) is 4.92. The molecule has 9 heteroatoms. The second-order valence-electron chi connectivity index (χ2n) is 9.26. The van der Waals surface area contributed by atoms with Gasteiger partial charge in [0, 0.05) is 46.2 Å². The smallest absolute Gasteiger partial charge is 0.193 e. The number of halogens is 1. The van der Waals surface area contributed by atoms with Gasteiger partial charge >= 0.3 is 0 Å². The highest BCUT2D eigenvalue weighted by Crippen LogP contribution is 2.41. The number of para-hydroxylation sites is 1. The topological polar surface area (TPSA) is 95.1 Å². The van der Waals surface area contributed by atoms with E-state index in [4.69, 9.17) is 4.74 Å². The van der Waals surface area contributed by atoms with Crippen LogP contribution in [0, 0.1) is 0 Å². The van der Waals surface area contributed by atoms with E-state index in [1.54, 1.807) is 29.2 Å². The SMILES string of the molecule is O=c1c(Cc2cccnc2)cn2c3c(cc(OCn4nnc5ccccc54)cc13)C(O)c1ccc(Br)cc1-2. The van der Waals surface area contributed by atoms with Crippen molar-refractivity contribution < 1.29 is 9.84 Å². The molecular formula is C29H20BrN5O3. The number of rotatable bonds is 5. The second kappa shape index (κ2) is 8.90. The first-order valence-corrected chi connectivity index (χ1v) is 12.9. The Hall–Kier alpha value is -4.34. The molecule has 1 atom stereocenters. The molecule has 186 valence electrons. The van der Waals surface area contributed by atoms with Crippen LogP contribution in [0.25, 0.3) is 27.6 Å². The number of fused-ring (bicyclic) bond motifs is 3. The summed E-state index contributed by atoms with van der Waals surface area (Å²) in [5.41, 5.74) is 5.91. The fourth-order valence-corrected chi connectivity index (χ4v) is 5.48. The summed E-state index contributed by atoms with van der Waals surface area (Å²) in [5, 5.41) is 20.2. The Morgan fingerprint density at radius 2 is 1.92 bits per heavy atom. The van der Waals surface area contributed by atoms with Crippen molar-refractivity contribution in [3.63, 3.8) is 0 Å². The van der Waals surface area contributed by atoms with Gasteiger partial charge in [-0.05, 0) is 48.0 Å². The maximum absolute atomic E-state index is 13.8. The summed E-state index contributed by atoms with van der Waals surface area (Å²) in [7, 11) is 0. The summed E-state index contributed by atoms with van der Waals surface area (Å²) < 4.78 is 10.7. The molecule has 0 aliphatic carbocycles. The number of nitrogens with zero attached hydrogens (tertiary/aromatic N) is 5. The number of hydrogen-bond acceptors (Lipinski definition) is 6. The maximum Gasteiger partial charge on any atom is 0.193 e. The molecule has 0 spiro atoms.